The Balaban J connectivity index is 2.73. The van der Waals surface area contributed by atoms with Crippen LogP contribution in [0.5, 0.6) is 5.75 Å². The first-order valence-corrected chi connectivity index (χ1v) is 4.40. The molecule has 0 aliphatic rings. The fourth-order valence-electron chi connectivity index (χ4n) is 0.998. The van der Waals surface area contributed by atoms with Gasteiger partial charge in [-0.2, -0.15) is 0 Å². The minimum atomic E-state index is -0.736. The third-order valence-electron chi connectivity index (χ3n) is 1.88. The van der Waals surface area contributed by atoms with Crippen LogP contribution in [0.3, 0.4) is 0 Å². The van der Waals surface area contributed by atoms with Crippen LogP contribution < -0.4 is 11.1 Å². The van der Waals surface area contributed by atoms with Gasteiger partial charge in [-0.15, -0.1) is 0 Å². The number of amides is 2. The van der Waals surface area contributed by atoms with Crippen LogP contribution in [0.2, 0.25) is 0 Å². The molecule has 0 radical (unpaired) electrons. The number of aromatic hydroxyl groups is 1. The van der Waals surface area contributed by atoms with Crippen LogP contribution in [0.1, 0.15) is 17.3 Å². The molecule has 0 aliphatic heterocycles. The van der Waals surface area contributed by atoms with E-state index in [1.54, 1.807) is 6.07 Å². The quantitative estimate of drug-likeness (QED) is 0.652. The number of rotatable bonds is 3. The van der Waals surface area contributed by atoms with Crippen LogP contribution in [0, 0.1) is 0 Å². The fraction of sp³-hybridized carbons (Fsp3) is 0.200. The Morgan fingerprint density at radius 3 is 2.67 bits per heavy atom. The summed E-state index contributed by atoms with van der Waals surface area (Å²) in [4.78, 5) is 22.2. The van der Waals surface area contributed by atoms with Crippen molar-refractivity contribution in [1.82, 2.24) is 5.32 Å². The predicted molar refractivity (Wildman–Crippen MR) is 54.2 cm³/mol. The normalized spacial score (nSPS) is 11.8. The molecule has 0 spiro atoms. The molecule has 5 heteroatoms. The molecule has 0 aromatic heterocycles. The second-order valence-electron chi connectivity index (χ2n) is 3.15. The number of phenols is 1. The van der Waals surface area contributed by atoms with Crippen LogP contribution in [-0.2, 0) is 4.79 Å². The molecule has 80 valence electrons. The number of nitrogens with one attached hydrogen (secondary N) is 1. The van der Waals surface area contributed by atoms with E-state index in [0.29, 0.717) is 0 Å². The van der Waals surface area contributed by atoms with E-state index < -0.39 is 17.9 Å². The summed E-state index contributed by atoms with van der Waals surface area (Å²) in [7, 11) is 0. The second kappa shape index (κ2) is 4.45. The zero-order valence-corrected chi connectivity index (χ0v) is 8.23. The Bertz CT molecular complexity index is 390. The number of hydrogen-bond acceptors (Lipinski definition) is 3. The third-order valence-corrected chi connectivity index (χ3v) is 1.88. The van der Waals surface area contributed by atoms with Gasteiger partial charge in [-0.1, -0.05) is 6.07 Å². The molecule has 2 amide bonds. The van der Waals surface area contributed by atoms with Crippen LogP contribution >= 0.6 is 0 Å². The standard InChI is InChI=1S/C10H12N2O3/c1-6(9(11)14)12-10(15)7-3-2-4-8(13)5-7/h2-6,13H,1H3,(H2,11,14)(H,12,15). The molecular formula is C10H12N2O3. The van der Waals surface area contributed by atoms with E-state index in [1.165, 1.54) is 25.1 Å². The number of carbonyl (C=O) groups excluding carboxylic acids is 2. The highest BCUT2D eigenvalue weighted by molar-refractivity contribution is 5.97. The maximum absolute atomic E-state index is 11.5. The molecule has 1 aromatic carbocycles. The number of benzene rings is 1. The van der Waals surface area contributed by atoms with Gasteiger partial charge in [0.1, 0.15) is 11.8 Å². The maximum atomic E-state index is 11.5. The van der Waals surface area contributed by atoms with Gasteiger partial charge < -0.3 is 16.2 Å². The topological polar surface area (TPSA) is 92.4 Å². The van der Waals surface area contributed by atoms with Crippen molar-refractivity contribution in [3.63, 3.8) is 0 Å². The summed E-state index contributed by atoms with van der Waals surface area (Å²) in [6.45, 7) is 1.49. The molecule has 1 unspecified atom stereocenters. The van der Waals surface area contributed by atoms with Crippen LogP contribution in [0.15, 0.2) is 24.3 Å². The lowest BCUT2D eigenvalue weighted by Gasteiger charge is -2.09. The summed E-state index contributed by atoms with van der Waals surface area (Å²) in [5.41, 5.74) is 5.27. The van der Waals surface area contributed by atoms with Crippen molar-refractivity contribution in [3.8, 4) is 5.75 Å². The van der Waals surface area contributed by atoms with Crippen molar-refractivity contribution in [2.45, 2.75) is 13.0 Å². The Morgan fingerprint density at radius 1 is 1.47 bits per heavy atom. The van der Waals surface area contributed by atoms with Crippen LogP contribution in [0.25, 0.3) is 0 Å². The molecule has 1 atom stereocenters. The molecule has 0 fully saturated rings. The Hall–Kier alpha value is -2.04. The monoisotopic (exact) mass is 208 g/mol. The lowest BCUT2D eigenvalue weighted by Crippen LogP contribution is -2.42. The highest BCUT2D eigenvalue weighted by Gasteiger charge is 2.13. The Morgan fingerprint density at radius 2 is 2.13 bits per heavy atom. The highest BCUT2D eigenvalue weighted by Crippen LogP contribution is 2.10. The number of hydrogen-bond donors (Lipinski definition) is 3. The molecule has 0 aliphatic carbocycles. The lowest BCUT2D eigenvalue weighted by molar-refractivity contribution is -0.119. The van der Waals surface area contributed by atoms with Crippen LogP contribution in [0.4, 0.5) is 0 Å². The number of primary amides is 1. The molecule has 0 bridgehead atoms. The van der Waals surface area contributed by atoms with E-state index in [4.69, 9.17) is 10.8 Å². The zero-order chi connectivity index (χ0) is 11.4. The molecule has 4 N–H and O–H groups in total. The molecule has 0 saturated heterocycles. The predicted octanol–water partition coefficient (Wildman–Crippen LogP) is -0.00420. The number of nitrogens with two attached hydrogens (primary N) is 1. The molecule has 1 rings (SSSR count). The summed E-state index contributed by atoms with van der Waals surface area (Å²) in [6, 6.07) is 5.10. The van der Waals surface area contributed by atoms with Crippen molar-refractivity contribution in [1.29, 1.82) is 0 Å². The molecule has 15 heavy (non-hydrogen) atoms. The van der Waals surface area contributed by atoms with Gasteiger partial charge >= 0.3 is 0 Å². The minimum absolute atomic E-state index is 0.00521. The number of phenolic OH excluding ortho intramolecular Hbond substituents is 1. The van der Waals surface area contributed by atoms with Crippen molar-refractivity contribution in [3.05, 3.63) is 29.8 Å². The molecule has 1 aromatic rings. The smallest absolute Gasteiger partial charge is 0.252 e. The minimum Gasteiger partial charge on any atom is -0.508 e. The maximum Gasteiger partial charge on any atom is 0.252 e. The summed E-state index contributed by atoms with van der Waals surface area (Å²) in [6.07, 6.45) is 0. The van der Waals surface area contributed by atoms with Crippen molar-refractivity contribution >= 4 is 11.8 Å². The third kappa shape index (κ3) is 2.98. The van der Waals surface area contributed by atoms with Crippen molar-refractivity contribution in [2.75, 3.05) is 0 Å². The summed E-state index contributed by atoms with van der Waals surface area (Å²) in [5.74, 6) is -1.06. The van der Waals surface area contributed by atoms with Crippen molar-refractivity contribution < 1.29 is 14.7 Å². The molecule has 0 saturated carbocycles. The van der Waals surface area contributed by atoms with Gasteiger partial charge in [0.15, 0.2) is 0 Å². The van der Waals surface area contributed by atoms with Gasteiger partial charge in [-0.05, 0) is 25.1 Å². The SMILES string of the molecule is CC(NC(=O)c1cccc(O)c1)C(N)=O. The first kappa shape index (κ1) is 11.0. The van der Waals surface area contributed by atoms with Gasteiger partial charge in [0.05, 0.1) is 0 Å². The summed E-state index contributed by atoms with van der Waals surface area (Å²) >= 11 is 0. The highest BCUT2D eigenvalue weighted by atomic mass is 16.3. The Labute approximate surface area is 86.9 Å². The van der Waals surface area contributed by atoms with Crippen molar-refractivity contribution in [2.24, 2.45) is 5.73 Å². The fourth-order valence-corrected chi connectivity index (χ4v) is 0.998. The molecule has 0 heterocycles. The van der Waals surface area contributed by atoms with Gasteiger partial charge in [0, 0.05) is 5.56 Å². The van der Waals surface area contributed by atoms with Gasteiger partial charge in [-0.3, -0.25) is 9.59 Å². The van der Waals surface area contributed by atoms with Gasteiger partial charge in [-0.25, -0.2) is 0 Å². The largest absolute Gasteiger partial charge is 0.508 e. The lowest BCUT2D eigenvalue weighted by atomic mass is 10.2. The first-order valence-electron chi connectivity index (χ1n) is 4.40. The second-order valence-corrected chi connectivity index (χ2v) is 3.15. The average molecular weight is 208 g/mol. The Kier molecular flexibility index (Phi) is 3.28. The van der Waals surface area contributed by atoms with E-state index in [2.05, 4.69) is 5.32 Å². The van der Waals surface area contributed by atoms with Gasteiger partial charge in [0.25, 0.3) is 5.91 Å². The van der Waals surface area contributed by atoms with Gasteiger partial charge in [0.2, 0.25) is 5.91 Å². The summed E-state index contributed by atoms with van der Waals surface area (Å²) < 4.78 is 0. The average Bonchev–Trinajstić information content (AvgIpc) is 2.17. The number of carbonyl (C=O) groups is 2. The van der Waals surface area contributed by atoms with E-state index >= 15 is 0 Å². The van der Waals surface area contributed by atoms with E-state index in [1.807, 2.05) is 0 Å². The summed E-state index contributed by atoms with van der Waals surface area (Å²) in [5, 5.41) is 11.5. The molecule has 5 nitrogen and oxygen atoms in total. The van der Waals surface area contributed by atoms with E-state index in [9.17, 15) is 9.59 Å². The van der Waals surface area contributed by atoms with E-state index in [0.717, 1.165) is 0 Å². The van der Waals surface area contributed by atoms with Crippen LogP contribution in [-0.4, -0.2) is 23.0 Å². The zero-order valence-electron chi connectivity index (χ0n) is 8.23. The molecular weight excluding hydrogens is 196 g/mol. The first-order chi connectivity index (χ1) is 7.00. The van der Waals surface area contributed by atoms with E-state index in [-0.39, 0.29) is 11.3 Å².